The number of alkyl halides is 3. The predicted molar refractivity (Wildman–Crippen MR) is 60.9 cm³/mol. The van der Waals surface area contributed by atoms with Crippen LogP contribution in [-0.2, 0) is 6.18 Å². The lowest BCUT2D eigenvalue weighted by Crippen LogP contribution is -2.27. The molecule has 4 heteroatoms. The van der Waals surface area contributed by atoms with Crippen LogP contribution in [0.25, 0.3) is 0 Å². The van der Waals surface area contributed by atoms with E-state index in [2.05, 4.69) is 5.32 Å². The maximum Gasteiger partial charge on any atom is 0.416 e. The molecule has 1 fully saturated rings. The third-order valence-electron chi connectivity index (χ3n) is 3.55. The summed E-state index contributed by atoms with van der Waals surface area (Å²) in [6.07, 6.45) is -0.952. The summed E-state index contributed by atoms with van der Waals surface area (Å²) >= 11 is 0. The molecule has 0 spiro atoms. The zero-order valence-electron chi connectivity index (χ0n) is 9.72. The standard InChI is InChI=1S/C13H16F3N/c1-17-12-4-2-3-11(12)9-5-7-10(8-6-9)13(14,15)16/h5-8,11-12,17H,2-4H2,1H3/t11-,12-/m0/s1. The van der Waals surface area contributed by atoms with E-state index in [4.69, 9.17) is 0 Å². The molecule has 17 heavy (non-hydrogen) atoms. The van der Waals surface area contributed by atoms with Gasteiger partial charge < -0.3 is 5.32 Å². The molecule has 1 N–H and O–H groups in total. The van der Waals surface area contributed by atoms with Crippen LogP contribution in [0.15, 0.2) is 24.3 Å². The van der Waals surface area contributed by atoms with Crippen molar-refractivity contribution in [1.82, 2.24) is 5.32 Å². The molecule has 2 rings (SSSR count). The lowest BCUT2D eigenvalue weighted by Gasteiger charge is -2.19. The van der Waals surface area contributed by atoms with E-state index >= 15 is 0 Å². The average molecular weight is 243 g/mol. The average Bonchev–Trinajstić information content (AvgIpc) is 2.76. The zero-order chi connectivity index (χ0) is 12.5. The van der Waals surface area contributed by atoms with Crippen LogP contribution >= 0.6 is 0 Å². The fourth-order valence-electron chi connectivity index (χ4n) is 2.62. The minimum Gasteiger partial charge on any atom is -0.316 e. The summed E-state index contributed by atoms with van der Waals surface area (Å²) in [4.78, 5) is 0. The van der Waals surface area contributed by atoms with Crippen molar-refractivity contribution >= 4 is 0 Å². The molecule has 1 aliphatic rings. The van der Waals surface area contributed by atoms with Crippen LogP contribution in [0, 0.1) is 0 Å². The number of benzene rings is 1. The largest absolute Gasteiger partial charge is 0.416 e. The SMILES string of the molecule is CN[C@H]1CCC[C@H]1c1ccc(C(F)(F)F)cc1. The van der Waals surface area contributed by atoms with E-state index in [1.54, 1.807) is 12.1 Å². The molecule has 0 aromatic heterocycles. The van der Waals surface area contributed by atoms with E-state index in [1.165, 1.54) is 12.1 Å². The highest BCUT2D eigenvalue weighted by molar-refractivity contribution is 5.28. The maximum atomic E-state index is 12.4. The predicted octanol–water partition coefficient (Wildman–Crippen LogP) is 3.56. The second kappa shape index (κ2) is 4.69. The van der Waals surface area contributed by atoms with Crippen molar-refractivity contribution in [3.05, 3.63) is 35.4 Å². The highest BCUT2D eigenvalue weighted by atomic mass is 19.4. The molecular weight excluding hydrogens is 227 g/mol. The number of hydrogen-bond donors (Lipinski definition) is 1. The van der Waals surface area contributed by atoms with E-state index in [0.717, 1.165) is 24.8 Å². The van der Waals surface area contributed by atoms with Crippen LogP contribution in [0.4, 0.5) is 13.2 Å². The van der Waals surface area contributed by atoms with Gasteiger partial charge in [0.25, 0.3) is 0 Å². The molecule has 94 valence electrons. The number of nitrogens with one attached hydrogen (secondary N) is 1. The monoisotopic (exact) mass is 243 g/mol. The van der Waals surface area contributed by atoms with Gasteiger partial charge in [-0.3, -0.25) is 0 Å². The van der Waals surface area contributed by atoms with Gasteiger partial charge in [-0.25, -0.2) is 0 Å². The topological polar surface area (TPSA) is 12.0 Å². The molecule has 1 nitrogen and oxygen atoms in total. The van der Waals surface area contributed by atoms with Crippen LogP contribution in [0.3, 0.4) is 0 Å². The van der Waals surface area contributed by atoms with Crippen molar-refractivity contribution in [2.75, 3.05) is 7.05 Å². The molecule has 2 atom stereocenters. The molecule has 1 saturated carbocycles. The molecule has 0 bridgehead atoms. The normalized spacial score (nSPS) is 25.2. The number of hydrogen-bond acceptors (Lipinski definition) is 1. The Labute approximate surface area is 99.0 Å². The van der Waals surface area contributed by atoms with Gasteiger partial charge in [-0.1, -0.05) is 18.6 Å². The van der Waals surface area contributed by atoms with Crippen molar-refractivity contribution in [2.24, 2.45) is 0 Å². The number of rotatable bonds is 2. The lowest BCUT2D eigenvalue weighted by atomic mass is 9.93. The van der Waals surface area contributed by atoms with E-state index < -0.39 is 11.7 Å². The van der Waals surface area contributed by atoms with E-state index in [1.807, 2.05) is 7.05 Å². The third-order valence-corrected chi connectivity index (χ3v) is 3.55. The summed E-state index contributed by atoms with van der Waals surface area (Å²) in [6.45, 7) is 0. The molecule has 1 aromatic rings. The van der Waals surface area contributed by atoms with Gasteiger partial charge in [-0.2, -0.15) is 13.2 Å². The molecule has 0 amide bonds. The van der Waals surface area contributed by atoms with Gasteiger partial charge in [-0.15, -0.1) is 0 Å². The van der Waals surface area contributed by atoms with Crippen molar-refractivity contribution in [3.63, 3.8) is 0 Å². The zero-order valence-corrected chi connectivity index (χ0v) is 9.72. The summed E-state index contributed by atoms with van der Waals surface area (Å²) < 4.78 is 37.3. The quantitative estimate of drug-likeness (QED) is 0.837. The fraction of sp³-hybridized carbons (Fsp3) is 0.538. The molecule has 1 aliphatic carbocycles. The summed E-state index contributed by atoms with van der Waals surface area (Å²) in [6, 6.07) is 5.99. The Morgan fingerprint density at radius 3 is 2.29 bits per heavy atom. The first-order valence-electron chi connectivity index (χ1n) is 5.87. The first kappa shape index (κ1) is 12.4. The summed E-state index contributed by atoms with van der Waals surface area (Å²) in [5, 5.41) is 3.24. The van der Waals surface area contributed by atoms with Crippen LogP contribution in [0.5, 0.6) is 0 Å². The summed E-state index contributed by atoms with van der Waals surface area (Å²) in [7, 11) is 1.91. The fourth-order valence-corrected chi connectivity index (χ4v) is 2.62. The van der Waals surface area contributed by atoms with Crippen LogP contribution < -0.4 is 5.32 Å². The van der Waals surface area contributed by atoms with E-state index in [-0.39, 0.29) is 0 Å². The van der Waals surface area contributed by atoms with Gasteiger partial charge in [0.05, 0.1) is 5.56 Å². The van der Waals surface area contributed by atoms with Crippen LogP contribution in [0.2, 0.25) is 0 Å². The molecule has 1 aromatic carbocycles. The molecule has 0 unspecified atom stereocenters. The smallest absolute Gasteiger partial charge is 0.316 e. The van der Waals surface area contributed by atoms with Crippen LogP contribution in [-0.4, -0.2) is 13.1 Å². The second-order valence-corrected chi connectivity index (χ2v) is 4.55. The Morgan fingerprint density at radius 1 is 1.12 bits per heavy atom. The first-order valence-corrected chi connectivity index (χ1v) is 5.87. The summed E-state index contributed by atoms with van der Waals surface area (Å²) in [5.74, 6) is 0.349. The minimum atomic E-state index is -4.24. The Balaban J connectivity index is 2.18. The highest BCUT2D eigenvalue weighted by Crippen LogP contribution is 2.36. The summed E-state index contributed by atoms with van der Waals surface area (Å²) in [5.41, 5.74) is 0.440. The Bertz CT molecular complexity index is 369. The lowest BCUT2D eigenvalue weighted by molar-refractivity contribution is -0.137. The van der Waals surface area contributed by atoms with Gasteiger partial charge in [0.15, 0.2) is 0 Å². The third kappa shape index (κ3) is 2.63. The van der Waals surface area contributed by atoms with Gasteiger partial charge in [0.1, 0.15) is 0 Å². The van der Waals surface area contributed by atoms with E-state index in [9.17, 15) is 13.2 Å². The van der Waals surface area contributed by atoms with E-state index in [0.29, 0.717) is 12.0 Å². The van der Waals surface area contributed by atoms with Crippen molar-refractivity contribution in [1.29, 1.82) is 0 Å². The minimum absolute atomic E-state index is 0.349. The molecular formula is C13H16F3N. The maximum absolute atomic E-state index is 12.4. The van der Waals surface area contributed by atoms with Crippen molar-refractivity contribution < 1.29 is 13.2 Å². The highest BCUT2D eigenvalue weighted by Gasteiger charge is 2.31. The van der Waals surface area contributed by atoms with Crippen molar-refractivity contribution in [2.45, 2.75) is 37.4 Å². The van der Waals surface area contributed by atoms with Crippen LogP contribution in [0.1, 0.15) is 36.3 Å². The first-order chi connectivity index (χ1) is 8.02. The Hall–Kier alpha value is -1.03. The van der Waals surface area contributed by atoms with Gasteiger partial charge in [0.2, 0.25) is 0 Å². The number of halogens is 3. The Morgan fingerprint density at radius 2 is 1.76 bits per heavy atom. The Kier molecular flexibility index (Phi) is 3.43. The van der Waals surface area contributed by atoms with Gasteiger partial charge in [0, 0.05) is 6.04 Å². The van der Waals surface area contributed by atoms with Gasteiger partial charge in [-0.05, 0) is 43.5 Å². The molecule has 0 radical (unpaired) electrons. The van der Waals surface area contributed by atoms with Crippen molar-refractivity contribution in [3.8, 4) is 0 Å². The van der Waals surface area contributed by atoms with Gasteiger partial charge >= 0.3 is 6.18 Å². The number of likely N-dealkylation sites (N-methyl/N-ethyl adjacent to an activating group) is 1. The second-order valence-electron chi connectivity index (χ2n) is 4.55. The molecule has 0 aliphatic heterocycles. The molecule has 0 heterocycles. The molecule has 0 saturated heterocycles.